The molecule has 1 saturated heterocycles. The first-order valence-corrected chi connectivity index (χ1v) is 9.65. The van der Waals surface area contributed by atoms with Crippen molar-refractivity contribution in [2.75, 3.05) is 38.1 Å². The molecular weight excluding hydrogens is 344 g/mol. The quantitative estimate of drug-likeness (QED) is 0.714. The number of nitrogens with zero attached hydrogens (tertiary/aromatic N) is 4. The molecule has 3 heterocycles. The fraction of sp³-hybridized carbons (Fsp3) is 0.300. The van der Waals surface area contributed by atoms with Gasteiger partial charge in [-0.3, -0.25) is 9.36 Å². The molecule has 0 spiro atoms. The summed E-state index contributed by atoms with van der Waals surface area (Å²) in [4.78, 5) is 23.0. The minimum absolute atomic E-state index is 0.0303. The van der Waals surface area contributed by atoms with E-state index < -0.39 is 0 Å². The Morgan fingerprint density at radius 2 is 1.88 bits per heavy atom. The first-order valence-electron chi connectivity index (χ1n) is 8.83. The van der Waals surface area contributed by atoms with Crippen LogP contribution in [0.15, 0.2) is 48.0 Å². The van der Waals surface area contributed by atoms with Gasteiger partial charge in [0.05, 0.1) is 11.2 Å². The smallest absolute Gasteiger partial charge is 0.275 e. The standard InChI is InChI=1S/C20H22N4OS/c1-3-17-13-18-19(26-17)20(25)24(14-21-18)16-7-5-15(6-8-16)23-10-4-9-22(2)11-12-23/h3,5-8,13-14H,1,4,9-12H2,2H3. The molecule has 1 aliphatic heterocycles. The second-order valence-corrected chi connectivity index (χ2v) is 7.73. The molecule has 0 unspecified atom stereocenters. The number of aromatic nitrogens is 2. The van der Waals surface area contributed by atoms with Crippen molar-refractivity contribution in [2.45, 2.75) is 6.42 Å². The highest BCUT2D eigenvalue weighted by Gasteiger charge is 2.13. The highest BCUT2D eigenvalue weighted by Crippen LogP contribution is 2.23. The summed E-state index contributed by atoms with van der Waals surface area (Å²) in [6.45, 7) is 8.08. The topological polar surface area (TPSA) is 41.4 Å². The molecule has 0 saturated carbocycles. The SMILES string of the molecule is C=Cc1cc2ncn(-c3ccc(N4CCCN(C)CC4)cc3)c(=O)c2s1. The summed E-state index contributed by atoms with van der Waals surface area (Å²) < 4.78 is 2.29. The van der Waals surface area contributed by atoms with Gasteiger partial charge in [-0.25, -0.2) is 4.98 Å². The van der Waals surface area contributed by atoms with Gasteiger partial charge in [-0.1, -0.05) is 12.7 Å². The van der Waals surface area contributed by atoms with Crippen LogP contribution in [0, 0.1) is 0 Å². The Balaban J connectivity index is 1.64. The van der Waals surface area contributed by atoms with Gasteiger partial charge >= 0.3 is 0 Å². The van der Waals surface area contributed by atoms with Crippen LogP contribution in [-0.4, -0.2) is 47.7 Å². The Morgan fingerprint density at radius 1 is 1.12 bits per heavy atom. The Bertz CT molecular complexity index is 989. The van der Waals surface area contributed by atoms with Crippen molar-refractivity contribution < 1.29 is 0 Å². The molecule has 0 aliphatic carbocycles. The van der Waals surface area contributed by atoms with Gasteiger partial charge in [0.25, 0.3) is 5.56 Å². The molecule has 4 rings (SSSR count). The highest BCUT2D eigenvalue weighted by atomic mass is 32.1. The van der Waals surface area contributed by atoms with E-state index in [1.807, 2.05) is 18.2 Å². The van der Waals surface area contributed by atoms with Crippen molar-refractivity contribution in [3.63, 3.8) is 0 Å². The minimum atomic E-state index is -0.0303. The second kappa shape index (κ2) is 7.05. The second-order valence-electron chi connectivity index (χ2n) is 6.65. The van der Waals surface area contributed by atoms with Crippen LogP contribution in [-0.2, 0) is 0 Å². The molecule has 0 radical (unpaired) electrons. The van der Waals surface area contributed by atoms with Crippen LogP contribution in [0.4, 0.5) is 5.69 Å². The van der Waals surface area contributed by atoms with Crippen molar-refractivity contribution in [1.82, 2.24) is 14.5 Å². The van der Waals surface area contributed by atoms with E-state index in [1.165, 1.54) is 23.4 Å². The lowest BCUT2D eigenvalue weighted by Crippen LogP contribution is -2.28. The molecule has 1 aromatic carbocycles. The first kappa shape index (κ1) is 17.0. The van der Waals surface area contributed by atoms with E-state index in [0.717, 1.165) is 42.3 Å². The summed E-state index contributed by atoms with van der Waals surface area (Å²) in [5.74, 6) is 0. The van der Waals surface area contributed by atoms with E-state index >= 15 is 0 Å². The summed E-state index contributed by atoms with van der Waals surface area (Å²) in [6.07, 6.45) is 4.53. The minimum Gasteiger partial charge on any atom is -0.370 e. The summed E-state index contributed by atoms with van der Waals surface area (Å²) in [5.41, 5.74) is 2.75. The zero-order valence-electron chi connectivity index (χ0n) is 14.9. The van der Waals surface area contributed by atoms with Crippen LogP contribution in [0.1, 0.15) is 11.3 Å². The molecule has 0 atom stereocenters. The summed E-state index contributed by atoms with van der Waals surface area (Å²) in [6, 6.07) is 10.1. The molecule has 0 amide bonds. The Hall–Kier alpha value is -2.44. The molecule has 134 valence electrons. The van der Waals surface area contributed by atoms with Crippen molar-refractivity contribution in [2.24, 2.45) is 0 Å². The first-order chi connectivity index (χ1) is 12.7. The lowest BCUT2D eigenvalue weighted by atomic mass is 10.2. The highest BCUT2D eigenvalue weighted by molar-refractivity contribution is 7.19. The number of likely N-dealkylation sites (N-methyl/N-ethyl adjacent to an activating group) is 1. The molecule has 0 N–H and O–H groups in total. The van der Waals surface area contributed by atoms with Gasteiger partial charge in [0, 0.05) is 30.2 Å². The molecule has 1 fully saturated rings. The van der Waals surface area contributed by atoms with Crippen LogP contribution >= 0.6 is 11.3 Å². The fourth-order valence-electron chi connectivity index (χ4n) is 3.34. The van der Waals surface area contributed by atoms with Crippen molar-refractivity contribution in [3.05, 3.63) is 58.5 Å². The van der Waals surface area contributed by atoms with Crippen LogP contribution in [0.2, 0.25) is 0 Å². The average molecular weight is 366 g/mol. The number of rotatable bonds is 3. The predicted octanol–water partition coefficient (Wildman–Crippen LogP) is 3.23. The average Bonchev–Trinajstić information content (AvgIpc) is 2.98. The molecule has 0 bridgehead atoms. The predicted molar refractivity (Wildman–Crippen MR) is 110 cm³/mol. The van der Waals surface area contributed by atoms with Gasteiger partial charge in [-0.05, 0) is 50.3 Å². The van der Waals surface area contributed by atoms with Gasteiger partial charge in [-0.2, -0.15) is 0 Å². The Labute approximate surface area is 156 Å². The maximum atomic E-state index is 12.8. The summed E-state index contributed by atoms with van der Waals surface area (Å²) >= 11 is 1.43. The number of hydrogen-bond acceptors (Lipinski definition) is 5. The Kier molecular flexibility index (Phi) is 4.61. The molecule has 3 aromatic rings. The zero-order chi connectivity index (χ0) is 18.1. The molecule has 6 heteroatoms. The zero-order valence-corrected chi connectivity index (χ0v) is 15.7. The summed E-state index contributed by atoms with van der Waals surface area (Å²) in [7, 11) is 2.17. The Morgan fingerprint density at radius 3 is 2.65 bits per heavy atom. The van der Waals surface area contributed by atoms with Gasteiger partial charge < -0.3 is 9.80 Å². The van der Waals surface area contributed by atoms with E-state index in [2.05, 4.69) is 40.5 Å². The monoisotopic (exact) mass is 366 g/mol. The van der Waals surface area contributed by atoms with Crippen LogP contribution in [0.25, 0.3) is 22.0 Å². The van der Waals surface area contributed by atoms with Crippen molar-refractivity contribution in [1.29, 1.82) is 0 Å². The number of anilines is 1. The lowest BCUT2D eigenvalue weighted by molar-refractivity contribution is 0.360. The lowest BCUT2D eigenvalue weighted by Gasteiger charge is -2.23. The summed E-state index contributed by atoms with van der Waals surface area (Å²) in [5, 5.41) is 0. The van der Waals surface area contributed by atoms with Crippen molar-refractivity contribution in [3.8, 4) is 5.69 Å². The third-order valence-corrected chi connectivity index (χ3v) is 5.98. The molecular formula is C20H22N4OS. The van der Waals surface area contributed by atoms with Crippen LogP contribution in [0.3, 0.4) is 0 Å². The van der Waals surface area contributed by atoms with Crippen LogP contribution in [0.5, 0.6) is 0 Å². The van der Waals surface area contributed by atoms with Crippen LogP contribution < -0.4 is 10.5 Å². The number of benzene rings is 1. The van der Waals surface area contributed by atoms with Gasteiger partial charge in [0.1, 0.15) is 11.0 Å². The molecule has 1 aliphatic rings. The van der Waals surface area contributed by atoms with Gasteiger partial charge in [0.15, 0.2) is 0 Å². The number of thiophene rings is 1. The van der Waals surface area contributed by atoms with E-state index in [1.54, 1.807) is 17.0 Å². The molecule has 2 aromatic heterocycles. The molecule has 26 heavy (non-hydrogen) atoms. The van der Waals surface area contributed by atoms with E-state index in [4.69, 9.17) is 0 Å². The molecule has 5 nitrogen and oxygen atoms in total. The van der Waals surface area contributed by atoms with Crippen molar-refractivity contribution >= 4 is 33.3 Å². The van der Waals surface area contributed by atoms with Gasteiger partial charge in [-0.15, -0.1) is 11.3 Å². The fourth-order valence-corrected chi connectivity index (χ4v) is 4.24. The van der Waals surface area contributed by atoms with Gasteiger partial charge in [0.2, 0.25) is 0 Å². The van der Waals surface area contributed by atoms with E-state index in [-0.39, 0.29) is 5.56 Å². The maximum absolute atomic E-state index is 12.8. The number of hydrogen-bond donors (Lipinski definition) is 0. The third kappa shape index (κ3) is 3.18. The number of fused-ring (bicyclic) bond motifs is 1. The third-order valence-electron chi connectivity index (χ3n) is 4.87. The van der Waals surface area contributed by atoms with E-state index in [9.17, 15) is 4.79 Å². The largest absolute Gasteiger partial charge is 0.370 e. The maximum Gasteiger partial charge on any atom is 0.275 e. The van der Waals surface area contributed by atoms with E-state index in [0.29, 0.717) is 4.70 Å². The normalized spacial score (nSPS) is 16.0.